The van der Waals surface area contributed by atoms with Gasteiger partial charge in [0.15, 0.2) is 0 Å². The molecule has 0 saturated heterocycles. The van der Waals surface area contributed by atoms with Gasteiger partial charge in [0.25, 0.3) is 0 Å². The summed E-state index contributed by atoms with van der Waals surface area (Å²) < 4.78 is 0. The second-order valence-corrected chi connectivity index (χ2v) is 70.3. The summed E-state index contributed by atoms with van der Waals surface area (Å²) in [5, 5.41) is 26.8. The molecule has 0 saturated carbocycles. The third-order valence-corrected chi connectivity index (χ3v) is 95.9. The van der Waals surface area contributed by atoms with Crippen LogP contribution in [0.3, 0.4) is 0 Å². The minimum atomic E-state index is -1.33. The van der Waals surface area contributed by atoms with E-state index < -0.39 is 44.6 Å². The van der Waals surface area contributed by atoms with Crippen molar-refractivity contribution >= 4 is 65.3 Å². The number of hydrogen-bond acceptors (Lipinski definition) is 2. The van der Waals surface area contributed by atoms with Crippen LogP contribution in [0.15, 0.2) is 24.3 Å². The number of fused-ring (bicyclic) bond motifs is 2. The molecule has 2 heterocycles. The quantitative estimate of drug-likeness (QED) is 0.437. The van der Waals surface area contributed by atoms with E-state index in [9.17, 15) is 10.2 Å². The summed E-state index contributed by atoms with van der Waals surface area (Å²) in [6.07, 6.45) is -0.685. The standard InChI is InChI=1S/2C15H28OSi3/c2*1-11-9-14-15(10-13(11)12(2)16)18(5,6)19(7,8)17(14,3)4/h2*9-10,12,16H,1-8H3/t2*12-/m11/s1. The third-order valence-electron chi connectivity index (χ3n) is 12.7. The molecule has 2 atom stereocenters. The predicted molar refractivity (Wildman–Crippen MR) is 187 cm³/mol. The topological polar surface area (TPSA) is 40.5 Å². The first-order valence-electron chi connectivity index (χ1n) is 14.6. The average Bonchev–Trinajstić information content (AvgIpc) is 2.93. The van der Waals surface area contributed by atoms with Gasteiger partial charge in [-0.15, -0.1) is 0 Å². The number of benzene rings is 2. The fourth-order valence-corrected chi connectivity index (χ4v) is 76.5. The van der Waals surface area contributed by atoms with Gasteiger partial charge in [-0.2, -0.15) is 0 Å². The molecule has 2 aromatic rings. The fourth-order valence-electron chi connectivity index (χ4n) is 7.33. The second kappa shape index (κ2) is 9.61. The molecular formula is C30H56O2Si6. The minimum Gasteiger partial charge on any atom is -0.389 e. The zero-order valence-electron chi connectivity index (χ0n) is 27.4. The maximum Gasteiger partial charge on any atom is 0.0764 e. The van der Waals surface area contributed by atoms with Crippen molar-refractivity contribution in [3.63, 3.8) is 0 Å². The van der Waals surface area contributed by atoms with E-state index in [-0.39, 0.29) is 12.2 Å². The molecule has 2 N–H and O–H groups in total. The van der Waals surface area contributed by atoms with E-state index in [1.54, 1.807) is 20.7 Å². The first kappa shape index (κ1) is 32.2. The van der Waals surface area contributed by atoms with Crippen LogP contribution in [0, 0.1) is 13.8 Å². The van der Waals surface area contributed by atoms with Crippen molar-refractivity contribution in [2.75, 3.05) is 0 Å². The third kappa shape index (κ3) is 4.31. The van der Waals surface area contributed by atoms with Gasteiger partial charge in [-0.05, 0) is 49.9 Å². The summed E-state index contributed by atoms with van der Waals surface area (Å²) in [6.45, 7) is 39.2. The van der Waals surface area contributed by atoms with Crippen molar-refractivity contribution in [3.8, 4) is 0 Å². The maximum atomic E-state index is 10.0. The van der Waals surface area contributed by atoms with E-state index in [1.165, 1.54) is 11.1 Å². The largest absolute Gasteiger partial charge is 0.389 e. The Morgan fingerprint density at radius 1 is 0.447 bits per heavy atom. The molecule has 2 aliphatic heterocycles. The van der Waals surface area contributed by atoms with Gasteiger partial charge in [0.2, 0.25) is 0 Å². The SMILES string of the molecule is Cc1cc2c(cc1[C@@H](C)O)[Si](C)(C)[Si](C)(C)[Si]2(C)C.Cc1cc2c(cc1[C@@H](C)O)[Si](C)(C)[Si](C)(C)[Si]2(C)C. The number of rotatable bonds is 2. The Morgan fingerprint density at radius 3 is 0.868 bits per heavy atom. The summed E-state index contributed by atoms with van der Waals surface area (Å²) in [5.41, 5.74) is 4.86. The molecule has 0 aromatic heterocycles. The van der Waals surface area contributed by atoms with Gasteiger partial charge in [0.05, 0.1) is 42.6 Å². The Hall–Kier alpha value is -0.339. The van der Waals surface area contributed by atoms with Gasteiger partial charge in [-0.1, -0.05) is 124 Å². The molecule has 2 aromatic carbocycles. The van der Waals surface area contributed by atoms with E-state index >= 15 is 0 Å². The van der Waals surface area contributed by atoms with Crippen LogP contribution in [0.4, 0.5) is 0 Å². The summed E-state index contributed by atoms with van der Waals surface area (Å²) >= 11 is 0. The first-order chi connectivity index (χ1) is 16.9. The highest BCUT2D eigenvalue weighted by molar-refractivity contribution is 7.77. The average molecular weight is 617 g/mol. The Bertz CT molecular complexity index is 1160. The predicted octanol–water partition coefficient (Wildman–Crippen LogP) is 5.52. The maximum absolute atomic E-state index is 10.0. The number of aryl methyl sites for hydroxylation is 2. The molecular weight excluding hydrogens is 561 g/mol. The summed E-state index contributed by atoms with van der Waals surface area (Å²) in [4.78, 5) is 0. The molecule has 2 aliphatic rings. The van der Waals surface area contributed by atoms with Crippen LogP contribution in [0.5, 0.6) is 0 Å². The molecule has 8 heteroatoms. The van der Waals surface area contributed by atoms with Crippen molar-refractivity contribution in [1.29, 1.82) is 0 Å². The Labute approximate surface area is 239 Å². The Morgan fingerprint density at radius 2 is 0.658 bits per heavy atom. The van der Waals surface area contributed by atoms with Crippen molar-refractivity contribution < 1.29 is 10.2 Å². The fraction of sp³-hybridized carbons (Fsp3) is 0.600. The zero-order valence-corrected chi connectivity index (χ0v) is 33.4. The normalized spacial score (nSPS) is 24.1. The van der Waals surface area contributed by atoms with E-state index in [1.807, 2.05) is 13.8 Å². The van der Waals surface area contributed by atoms with Crippen molar-refractivity contribution in [1.82, 2.24) is 0 Å². The smallest absolute Gasteiger partial charge is 0.0764 e. The van der Waals surface area contributed by atoms with Crippen LogP contribution >= 0.6 is 0 Å². The van der Waals surface area contributed by atoms with E-state index in [2.05, 4.69) is 117 Å². The van der Waals surface area contributed by atoms with Gasteiger partial charge in [0.1, 0.15) is 0 Å². The molecule has 212 valence electrons. The van der Waals surface area contributed by atoms with Gasteiger partial charge in [-0.3, -0.25) is 0 Å². The lowest BCUT2D eigenvalue weighted by atomic mass is 10.0. The molecule has 4 rings (SSSR count). The number of aliphatic hydroxyl groups is 2. The minimum absolute atomic E-state index is 0.342. The van der Waals surface area contributed by atoms with Gasteiger partial charge in [0, 0.05) is 14.2 Å². The molecule has 0 amide bonds. The first-order valence-corrected chi connectivity index (χ1v) is 36.6. The highest BCUT2D eigenvalue weighted by atomic mass is 29.6. The molecule has 0 aliphatic carbocycles. The zero-order chi connectivity index (χ0) is 29.6. The Kier molecular flexibility index (Phi) is 8.14. The number of aliphatic hydroxyl groups excluding tert-OH is 2. The van der Waals surface area contributed by atoms with E-state index in [4.69, 9.17) is 0 Å². The summed E-state index contributed by atoms with van der Waals surface area (Å²) in [6, 6.07) is 9.61. The lowest BCUT2D eigenvalue weighted by Gasteiger charge is -2.40. The van der Waals surface area contributed by atoms with Gasteiger partial charge in [-0.25, -0.2) is 0 Å². The molecule has 0 spiro atoms. The lowest BCUT2D eigenvalue weighted by molar-refractivity contribution is 0.198. The molecule has 0 unspecified atom stereocenters. The molecule has 0 fully saturated rings. The monoisotopic (exact) mass is 616 g/mol. The van der Waals surface area contributed by atoms with Crippen LogP contribution in [0.1, 0.15) is 48.3 Å². The van der Waals surface area contributed by atoms with Crippen LogP contribution < -0.4 is 20.7 Å². The molecule has 0 radical (unpaired) electrons. The lowest BCUT2D eigenvalue weighted by Crippen LogP contribution is -2.68. The van der Waals surface area contributed by atoms with E-state index in [0.717, 1.165) is 11.1 Å². The molecule has 0 bridgehead atoms. The number of hydrogen-bond donors (Lipinski definition) is 2. The molecule has 2 nitrogen and oxygen atoms in total. The van der Waals surface area contributed by atoms with E-state index in [0.29, 0.717) is 0 Å². The van der Waals surface area contributed by atoms with Crippen molar-refractivity contribution in [2.45, 2.75) is 118 Å². The van der Waals surface area contributed by atoms with Crippen LogP contribution in [0.25, 0.3) is 0 Å². The van der Waals surface area contributed by atoms with Gasteiger partial charge < -0.3 is 10.2 Å². The Balaban J connectivity index is 0.000000211. The van der Waals surface area contributed by atoms with Crippen LogP contribution in [-0.2, 0) is 0 Å². The van der Waals surface area contributed by atoms with Crippen LogP contribution in [-0.4, -0.2) is 54.8 Å². The summed E-state index contributed by atoms with van der Waals surface area (Å²) in [7, 11) is -7.63. The van der Waals surface area contributed by atoms with Crippen molar-refractivity contribution in [3.05, 3.63) is 46.5 Å². The second-order valence-electron chi connectivity index (χ2n) is 15.6. The summed E-state index contributed by atoms with van der Waals surface area (Å²) in [5.74, 6) is 0. The molecule has 38 heavy (non-hydrogen) atoms. The highest BCUT2D eigenvalue weighted by Crippen LogP contribution is 2.36. The highest BCUT2D eigenvalue weighted by Gasteiger charge is 2.61. The van der Waals surface area contributed by atoms with Crippen LogP contribution in [0.2, 0.25) is 78.6 Å². The van der Waals surface area contributed by atoms with Gasteiger partial charge >= 0.3 is 0 Å². The van der Waals surface area contributed by atoms with Crippen molar-refractivity contribution in [2.24, 2.45) is 0 Å².